The van der Waals surface area contributed by atoms with Gasteiger partial charge in [0.2, 0.25) is 5.91 Å². The van der Waals surface area contributed by atoms with E-state index in [2.05, 4.69) is 20.4 Å². The van der Waals surface area contributed by atoms with Crippen molar-refractivity contribution in [2.24, 2.45) is 0 Å². The number of nitrogens with one attached hydrogen (secondary N) is 1. The average Bonchev–Trinajstić information content (AvgIpc) is 3.60. The molecule has 1 amide bonds. The minimum absolute atomic E-state index is 0.129. The Balaban J connectivity index is 1.45. The molecule has 2 heterocycles. The molecule has 2 aromatic carbocycles. The summed E-state index contributed by atoms with van der Waals surface area (Å²) in [5.41, 5.74) is 1.44. The Morgan fingerprint density at radius 3 is 2.31 bits per heavy atom. The van der Waals surface area contributed by atoms with Gasteiger partial charge in [-0.15, -0.1) is 10.2 Å². The van der Waals surface area contributed by atoms with Crippen molar-refractivity contribution < 1.29 is 18.3 Å². The number of hydrogen-bond acceptors (Lipinski definition) is 6. The third kappa shape index (κ3) is 6.06. The molecule has 1 atom stereocenters. The summed E-state index contributed by atoms with van der Waals surface area (Å²) in [5, 5.41) is 11.9. The van der Waals surface area contributed by atoms with Gasteiger partial charge in [-0.1, -0.05) is 23.9 Å². The number of rotatable bonds is 9. The molecule has 2 fully saturated rings. The summed E-state index contributed by atoms with van der Waals surface area (Å²) in [4.78, 5) is 15.5. The zero-order valence-corrected chi connectivity index (χ0v) is 20.0. The Kier molecular flexibility index (Phi) is 7.40. The smallest absolute Gasteiger partial charge is 0.238 e. The monoisotopic (exact) mass is 499 g/mol. The maximum absolute atomic E-state index is 13.6. The second-order valence-electron chi connectivity index (χ2n) is 8.75. The largest absolute Gasteiger partial charge is 0.379 e. The number of nitrogens with zero attached hydrogens (tertiary/aromatic N) is 4. The van der Waals surface area contributed by atoms with Crippen molar-refractivity contribution in [1.29, 1.82) is 0 Å². The molecule has 5 rings (SSSR count). The van der Waals surface area contributed by atoms with Crippen LogP contribution in [0.1, 0.15) is 23.7 Å². The van der Waals surface area contributed by atoms with E-state index in [1.807, 2.05) is 4.57 Å². The van der Waals surface area contributed by atoms with Gasteiger partial charge in [-0.2, -0.15) is 0 Å². The lowest BCUT2D eigenvalue weighted by atomic mass is 10.1. The van der Waals surface area contributed by atoms with E-state index < -0.39 is 5.25 Å². The summed E-state index contributed by atoms with van der Waals surface area (Å²) in [7, 11) is 0. The number of morpholine rings is 1. The van der Waals surface area contributed by atoms with E-state index in [9.17, 15) is 13.6 Å². The molecule has 1 aromatic heterocycles. The second-order valence-corrected chi connectivity index (χ2v) is 9.82. The fourth-order valence-electron chi connectivity index (χ4n) is 3.98. The molecule has 1 saturated carbocycles. The van der Waals surface area contributed by atoms with Gasteiger partial charge in [0.1, 0.15) is 16.9 Å². The van der Waals surface area contributed by atoms with Gasteiger partial charge in [-0.05, 0) is 54.8 Å². The highest BCUT2D eigenvalue weighted by Gasteiger charge is 2.31. The second kappa shape index (κ2) is 10.8. The van der Waals surface area contributed by atoms with Gasteiger partial charge >= 0.3 is 0 Å². The van der Waals surface area contributed by atoms with Crippen LogP contribution in [0.15, 0.2) is 53.7 Å². The molecule has 0 spiro atoms. The first-order valence-corrected chi connectivity index (χ1v) is 12.7. The van der Waals surface area contributed by atoms with Gasteiger partial charge in [0, 0.05) is 37.8 Å². The molecule has 2 aliphatic rings. The zero-order valence-electron chi connectivity index (χ0n) is 19.2. The maximum Gasteiger partial charge on any atom is 0.238 e. The molecule has 0 bridgehead atoms. The van der Waals surface area contributed by atoms with Crippen molar-refractivity contribution >= 4 is 17.7 Å². The summed E-state index contributed by atoms with van der Waals surface area (Å²) in [6.07, 6.45) is 1.94. The third-order valence-corrected chi connectivity index (χ3v) is 7.36. The first-order chi connectivity index (χ1) is 17.1. The Hall–Kier alpha value is -2.82. The van der Waals surface area contributed by atoms with Crippen molar-refractivity contribution in [2.45, 2.75) is 35.8 Å². The number of carbonyl (C=O) groups excluding carboxylic acids is 1. The molecule has 1 aliphatic carbocycles. The zero-order chi connectivity index (χ0) is 24.2. The molecule has 1 N–H and O–H groups in total. The molecule has 1 saturated heterocycles. The Morgan fingerprint density at radius 2 is 1.66 bits per heavy atom. The molecule has 1 unspecified atom stereocenters. The fraction of sp³-hybridized carbons (Fsp3) is 0.400. The normalized spacial score (nSPS) is 17.3. The average molecular weight is 500 g/mol. The van der Waals surface area contributed by atoms with Crippen molar-refractivity contribution in [3.05, 3.63) is 65.7 Å². The molecular weight excluding hydrogens is 472 g/mol. The van der Waals surface area contributed by atoms with Gasteiger partial charge in [-0.3, -0.25) is 9.69 Å². The van der Waals surface area contributed by atoms with E-state index in [0.717, 1.165) is 38.0 Å². The maximum atomic E-state index is 13.6. The Labute approximate surface area is 206 Å². The summed E-state index contributed by atoms with van der Waals surface area (Å²) in [6.45, 7) is 4.45. The van der Waals surface area contributed by atoms with Gasteiger partial charge in [0.05, 0.1) is 13.2 Å². The summed E-state index contributed by atoms with van der Waals surface area (Å²) in [5.74, 6) is -0.195. The van der Waals surface area contributed by atoms with Crippen LogP contribution < -0.4 is 5.32 Å². The first kappa shape index (κ1) is 23.9. The lowest BCUT2D eigenvalue weighted by Gasteiger charge is -2.27. The van der Waals surface area contributed by atoms with Crippen molar-refractivity contribution in [2.75, 3.05) is 32.8 Å². The van der Waals surface area contributed by atoms with Crippen LogP contribution in [-0.4, -0.2) is 64.5 Å². The number of thioether (sulfide) groups is 1. The summed E-state index contributed by atoms with van der Waals surface area (Å²) >= 11 is 1.29. The van der Waals surface area contributed by atoms with Crippen molar-refractivity contribution in [3.8, 4) is 11.4 Å². The number of amides is 1. The quantitative estimate of drug-likeness (QED) is 0.453. The topological polar surface area (TPSA) is 72.3 Å². The van der Waals surface area contributed by atoms with Crippen LogP contribution >= 0.6 is 11.8 Å². The Bertz CT molecular complexity index is 1150. The highest BCUT2D eigenvalue weighted by Crippen LogP contribution is 2.37. The van der Waals surface area contributed by atoms with Crippen LogP contribution in [0.4, 0.5) is 8.78 Å². The van der Waals surface area contributed by atoms with Gasteiger partial charge in [0.15, 0.2) is 11.0 Å². The van der Waals surface area contributed by atoms with Crippen LogP contribution in [-0.2, 0) is 16.1 Å². The van der Waals surface area contributed by atoms with E-state index in [1.54, 1.807) is 24.3 Å². The SMILES string of the molecule is O=C(NC1CC1)C(Sc1nnc(-c2ccc(F)cc2)n1CCN1CCOCC1)c1ccc(F)cc1. The molecule has 0 radical (unpaired) electrons. The summed E-state index contributed by atoms with van der Waals surface area (Å²) < 4.78 is 34.6. The fourth-order valence-corrected chi connectivity index (χ4v) is 5.05. The number of aromatic nitrogens is 3. The minimum atomic E-state index is -0.608. The Morgan fingerprint density at radius 1 is 1.00 bits per heavy atom. The highest BCUT2D eigenvalue weighted by atomic mass is 32.2. The van der Waals surface area contributed by atoms with Gasteiger partial charge in [-0.25, -0.2) is 8.78 Å². The lowest BCUT2D eigenvalue weighted by molar-refractivity contribution is -0.120. The number of benzene rings is 2. The predicted octanol–water partition coefficient (Wildman–Crippen LogP) is 3.67. The number of ether oxygens (including phenoxy) is 1. The predicted molar refractivity (Wildman–Crippen MR) is 129 cm³/mol. The molecular formula is C25H27F2N5O2S. The van der Waals surface area contributed by atoms with E-state index in [-0.39, 0.29) is 23.6 Å². The van der Waals surface area contributed by atoms with Gasteiger partial charge in [0.25, 0.3) is 0 Å². The summed E-state index contributed by atoms with van der Waals surface area (Å²) in [6, 6.07) is 12.3. The highest BCUT2D eigenvalue weighted by molar-refractivity contribution is 8.00. The number of carbonyl (C=O) groups is 1. The van der Waals surface area contributed by atoms with E-state index in [1.165, 1.54) is 36.0 Å². The van der Waals surface area contributed by atoms with Crippen LogP contribution in [0, 0.1) is 11.6 Å². The minimum Gasteiger partial charge on any atom is -0.379 e. The van der Waals surface area contributed by atoms with Crippen LogP contribution in [0.2, 0.25) is 0 Å². The number of halogens is 2. The van der Waals surface area contributed by atoms with Crippen LogP contribution in [0.25, 0.3) is 11.4 Å². The van der Waals surface area contributed by atoms with Gasteiger partial charge < -0.3 is 14.6 Å². The van der Waals surface area contributed by atoms with E-state index in [0.29, 0.717) is 36.3 Å². The lowest BCUT2D eigenvalue weighted by Crippen LogP contribution is -2.38. The molecule has 3 aromatic rings. The molecule has 184 valence electrons. The van der Waals surface area contributed by atoms with Crippen LogP contribution in [0.5, 0.6) is 0 Å². The van der Waals surface area contributed by atoms with Crippen LogP contribution in [0.3, 0.4) is 0 Å². The van der Waals surface area contributed by atoms with Crippen molar-refractivity contribution in [1.82, 2.24) is 25.0 Å². The standard InChI is InChI=1S/C25H27F2N5O2S/c26-19-5-1-17(2-6-19)22(24(33)28-21-9-10-21)35-25-30-29-23(18-3-7-20(27)8-4-18)32(25)12-11-31-13-15-34-16-14-31/h1-8,21-22H,9-16H2,(H,28,33). The molecule has 1 aliphatic heterocycles. The van der Waals surface area contributed by atoms with Crippen molar-refractivity contribution in [3.63, 3.8) is 0 Å². The molecule has 35 heavy (non-hydrogen) atoms. The molecule has 7 nitrogen and oxygen atoms in total. The third-order valence-electron chi connectivity index (χ3n) is 6.12. The first-order valence-electron chi connectivity index (χ1n) is 11.8. The van der Waals surface area contributed by atoms with E-state index >= 15 is 0 Å². The molecule has 10 heteroatoms. The number of hydrogen-bond donors (Lipinski definition) is 1. The van der Waals surface area contributed by atoms with E-state index in [4.69, 9.17) is 4.74 Å².